The molecule has 4 aromatic rings. The number of rotatable bonds is 17. The number of allylic oxidation sites excluding steroid dienone is 1. The number of sulfonamides is 1. The third kappa shape index (κ3) is 14.2. The van der Waals surface area contributed by atoms with Gasteiger partial charge in [0.1, 0.15) is 11.3 Å². The molecule has 2 heterocycles. The van der Waals surface area contributed by atoms with Crippen molar-refractivity contribution in [1.82, 2.24) is 19.4 Å². The van der Waals surface area contributed by atoms with Crippen molar-refractivity contribution in [3.8, 4) is 0 Å². The summed E-state index contributed by atoms with van der Waals surface area (Å²) in [5.74, 6) is -0.358. The van der Waals surface area contributed by atoms with Gasteiger partial charge >= 0.3 is 6.09 Å². The first-order valence-electron chi connectivity index (χ1n) is 23.5. The van der Waals surface area contributed by atoms with Gasteiger partial charge in [0.05, 0.1) is 9.82 Å². The molecule has 1 unspecified atom stereocenters. The summed E-state index contributed by atoms with van der Waals surface area (Å²) in [6.45, 7) is 15.8. The van der Waals surface area contributed by atoms with Gasteiger partial charge in [0, 0.05) is 111 Å². The van der Waals surface area contributed by atoms with Crippen LogP contribution < -0.4 is 14.9 Å². The molecule has 0 aromatic heterocycles. The van der Waals surface area contributed by atoms with Crippen LogP contribution in [0, 0.1) is 15.5 Å². The molecule has 0 saturated carbocycles. The van der Waals surface area contributed by atoms with Crippen molar-refractivity contribution >= 4 is 68.0 Å². The van der Waals surface area contributed by atoms with Crippen LogP contribution in [0.1, 0.15) is 69.3 Å². The van der Waals surface area contributed by atoms with E-state index in [2.05, 4.69) is 43.8 Å². The molecular weight excluding hydrogens is 938 g/mol. The highest BCUT2D eigenvalue weighted by atomic mass is 35.5. The number of hydrogen-bond donors (Lipinski definition) is 3. The van der Waals surface area contributed by atoms with E-state index in [0.29, 0.717) is 30.3 Å². The van der Waals surface area contributed by atoms with E-state index in [1.54, 1.807) is 12.1 Å². The summed E-state index contributed by atoms with van der Waals surface area (Å²) in [5, 5.41) is 25.6. The quantitative estimate of drug-likeness (QED) is 0.0521. The van der Waals surface area contributed by atoms with Gasteiger partial charge in [0.15, 0.2) is 0 Å². The molecule has 0 radical (unpaired) electrons. The molecular formula is C51H64ClN7O8S2. The molecule has 2 amide bonds. The second-order valence-electron chi connectivity index (χ2n) is 19.5. The number of amides is 2. The number of nitrogens with zero attached hydrogens (tertiary/aromatic N) is 5. The Bertz CT molecular complexity index is 2560. The van der Waals surface area contributed by atoms with Gasteiger partial charge in [-0.25, -0.2) is 17.9 Å². The molecule has 15 nitrogen and oxygen atoms in total. The summed E-state index contributed by atoms with van der Waals surface area (Å²) >= 11 is 7.84. The van der Waals surface area contributed by atoms with E-state index in [1.165, 1.54) is 40.6 Å². The average molecular weight is 1000 g/mol. The van der Waals surface area contributed by atoms with Gasteiger partial charge in [0.2, 0.25) is 0 Å². The van der Waals surface area contributed by atoms with Gasteiger partial charge in [-0.15, -0.1) is 11.8 Å². The van der Waals surface area contributed by atoms with E-state index in [9.17, 15) is 33.2 Å². The molecule has 0 spiro atoms. The molecule has 2 atom stereocenters. The van der Waals surface area contributed by atoms with Crippen LogP contribution in [0.5, 0.6) is 0 Å². The average Bonchev–Trinajstić information content (AvgIpc) is 3.31. The van der Waals surface area contributed by atoms with E-state index < -0.39 is 37.0 Å². The van der Waals surface area contributed by atoms with Gasteiger partial charge in [-0.3, -0.25) is 24.7 Å². The van der Waals surface area contributed by atoms with Crippen molar-refractivity contribution in [3.63, 3.8) is 0 Å². The van der Waals surface area contributed by atoms with Crippen molar-refractivity contribution in [3.05, 3.63) is 129 Å². The highest BCUT2D eigenvalue weighted by molar-refractivity contribution is 7.99. The topological polar surface area (TPSA) is 178 Å². The number of carbonyl (C=O) groups excluding carboxylic acids is 2. The maximum Gasteiger partial charge on any atom is 0.410 e. The van der Waals surface area contributed by atoms with Crippen LogP contribution >= 0.6 is 23.4 Å². The normalized spacial score (nSPS) is 19.0. The number of nitro groups is 1. The Labute approximate surface area is 415 Å². The Kier molecular flexibility index (Phi) is 17.0. The zero-order valence-electron chi connectivity index (χ0n) is 39.9. The molecule has 3 aliphatic rings. The number of benzene rings is 4. The number of thioether (sulfide) groups is 1. The van der Waals surface area contributed by atoms with Crippen molar-refractivity contribution in [2.75, 3.05) is 88.0 Å². The number of anilines is 2. The fourth-order valence-corrected chi connectivity index (χ4v) is 11.4. The van der Waals surface area contributed by atoms with Crippen LogP contribution in [0.2, 0.25) is 5.02 Å². The largest absolute Gasteiger partial charge is 0.444 e. The molecule has 2 saturated heterocycles. The van der Waals surface area contributed by atoms with E-state index in [0.717, 1.165) is 88.3 Å². The fourth-order valence-electron chi connectivity index (χ4n) is 9.29. The number of halogens is 1. The summed E-state index contributed by atoms with van der Waals surface area (Å²) in [6.07, 6.45) is 3.07. The summed E-state index contributed by atoms with van der Waals surface area (Å²) in [6, 6.07) is 27.7. The van der Waals surface area contributed by atoms with Crippen molar-refractivity contribution in [1.29, 1.82) is 0 Å². The summed E-state index contributed by atoms with van der Waals surface area (Å²) < 4.78 is 34.6. The number of aliphatic hydroxyl groups is 1. The standard InChI is InChI=1S/C51H64ClN7O8S2/c1-50(2,3)67-49(62)58-29-25-56(26-30-58)36-51(4)22-20-45(37-10-14-40(52)15-11-37)39(33-51)34-55-23-27-57(28-24-55)42-16-12-38(13-17-42)48(61)54-69(65,66)44-18-19-46(47(32-44)59(63)64)53-41(21-31-60)35-68-43-8-6-5-7-9-43/h5-19,32,41,53,60H,20-31,33-36H2,1-4H3,(H,54,61)/t41-,51?/m1/s1. The molecule has 1 aliphatic carbocycles. The van der Waals surface area contributed by atoms with Gasteiger partial charge in [0.25, 0.3) is 21.6 Å². The number of piperazine rings is 2. The minimum atomic E-state index is -4.48. The number of nitrogens with one attached hydrogen (secondary N) is 2. The third-order valence-corrected chi connectivity index (χ3v) is 15.6. The van der Waals surface area contributed by atoms with Gasteiger partial charge in [-0.1, -0.05) is 54.4 Å². The minimum Gasteiger partial charge on any atom is -0.444 e. The SMILES string of the molecule is CC1(CN2CCN(C(=O)OC(C)(C)C)CC2)CCC(c2ccc(Cl)cc2)=C(CN2CCN(c3ccc(C(=O)NS(=O)(=O)c4ccc(N[C@H](CCO)CSc5ccccc5)c([N+](=O)[O-])c4)cc3)CC2)C1. The van der Waals surface area contributed by atoms with E-state index in [-0.39, 0.29) is 35.4 Å². The van der Waals surface area contributed by atoms with Crippen LogP contribution in [0.4, 0.5) is 21.9 Å². The molecule has 18 heteroatoms. The molecule has 69 heavy (non-hydrogen) atoms. The number of ether oxygens (including phenoxy) is 1. The van der Waals surface area contributed by atoms with Gasteiger partial charge < -0.3 is 25.0 Å². The maximum absolute atomic E-state index is 13.4. The predicted molar refractivity (Wildman–Crippen MR) is 274 cm³/mol. The number of hydrogen-bond acceptors (Lipinski definition) is 13. The number of nitro benzene ring substituents is 1. The van der Waals surface area contributed by atoms with Crippen LogP contribution in [0.25, 0.3) is 5.57 Å². The lowest BCUT2D eigenvalue weighted by atomic mass is 9.71. The van der Waals surface area contributed by atoms with Gasteiger partial charge in [-0.05, 0) is 124 Å². The van der Waals surface area contributed by atoms with Crippen LogP contribution in [-0.4, -0.2) is 135 Å². The van der Waals surface area contributed by atoms with Crippen molar-refractivity contribution in [2.45, 2.75) is 74.8 Å². The monoisotopic (exact) mass is 1000 g/mol. The summed E-state index contributed by atoms with van der Waals surface area (Å²) in [5.41, 5.74) is 4.26. The van der Waals surface area contributed by atoms with E-state index in [1.807, 2.05) is 80.3 Å². The Morgan fingerprint density at radius 3 is 2.22 bits per heavy atom. The lowest BCUT2D eigenvalue weighted by molar-refractivity contribution is -0.384. The van der Waals surface area contributed by atoms with Crippen LogP contribution in [0.3, 0.4) is 0 Å². The second kappa shape index (κ2) is 22.7. The lowest BCUT2D eigenvalue weighted by Gasteiger charge is -2.44. The number of carbonyl (C=O) groups is 2. The number of aliphatic hydroxyl groups excluding tert-OH is 1. The first-order valence-corrected chi connectivity index (χ1v) is 26.4. The summed E-state index contributed by atoms with van der Waals surface area (Å²) in [4.78, 5) is 47.2. The Balaban J connectivity index is 0.944. The molecule has 7 rings (SSSR count). The fraction of sp³-hybridized carbons (Fsp3) is 0.451. The molecule has 370 valence electrons. The Hall–Kier alpha value is -5.17. The highest BCUT2D eigenvalue weighted by Crippen LogP contribution is 2.44. The predicted octanol–water partition coefficient (Wildman–Crippen LogP) is 8.64. The smallest absolute Gasteiger partial charge is 0.410 e. The van der Waals surface area contributed by atoms with Crippen LogP contribution in [-0.2, 0) is 14.8 Å². The van der Waals surface area contributed by atoms with Crippen molar-refractivity contribution in [2.24, 2.45) is 5.41 Å². The third-order valence-electron chi connectivity index (χ3n) is 12.9. The van der Waals surface area contributed by atoms with Crippen molar-refractivity contribution < 1.29 is 32.8 Å². The Morgan fingerprint density at radius 1 is 0.913 bits per heavy atom. The summed E-state index contributed by atoms with van der Waals surface area (Å²) in [7, 11) is -4.48. The maximum atomic E-state index is 13.4. The highest BCUT2D eigenvalue weighted by Gasteiger charge is 2.36. The van der Waals surface area contributed by atoms with Crippen LogP contribution in [0.15, 0.2) is 112 Å². The minimum absolute atomic E-state index is 0.0713. The lowest BCUT2D eigenvalue weighted by Crippen LogP contribution is -2.52. The first-order chi connectivity index (χ1) is 32.9. The molecule has 2 fully saturated rings. The van der Waals surface area contributed by atoms with E-state index in [4.69, 9.17) is 16.3 Å². The van der Waals surface area contributed by atoms with E-state index >= 15 is 0 Å². The molecule has 2 aliphatic heterocycles. The molecule has 3 N–H and O–H groups in total. The first kappa shape index (κ1) is 51.7. The zero-order chi connectivity index (χ0) is 49.3. The second-order valence-corrected chi connectivity index (χ2v) is 22.7. The van der Waals surface area contributed by atoms with Gasteiger partial charge in [-0.2, -0.15) is 0 Å². The molecule has 4 aromatic carbocycles. The molecule has 0 bridgehead atoms. The zero-order valence-corrected chi connectivity index (χ0v) is 42.3. The Morgan fingerprint density at radius 2 is 1.58 bits per heavy atom.